The Bertz CT molecular complexity index is 1040. The molecule has 2 aromatic rings. The van der Waals surface area contributed by atoms with Crippen molar-refractivity contribution in [1.29, 1.82) is 0 Å². The van der Waals surface area contributed by atoms with Crippen LogP contribution in [0.25, 0.3) is 0 Å². The first-order valence-electron chi connectivity index (χ1n) is 8.77. The molecule has 1 aliphatic rings. The molecule has 0 spiro atoms. The average molecular weight is 424 g/mol. The van der Waals surface area contributed by atoms with Gasteiger partial charge in [-0.2, -0.15) is 0 Å². The molecule has 1 heterocycles. The number of nitrogens with one attached hydrogen (secondary N) is 2. The number of carbonyl (C=O) groups excluding carboxylic acids is 1. The fraction of sp³-hybridized carbons (Fsp3) is 0.263. The molecule has 28 heavy (non-hydrogen) atoms. The minimum Gasteiger partial charge on any atom is -0.324 e. The van der Waals surface area contributed by atoms with Crippen molar-refractivity contribution in [3.05, 3.63) is 58.9 Å². The summed E-state index contributed by atoms with van der Waals surface area (Å²) >= 11 is 5.76. The van der Waals surface area contributed by atoms with Crippen molar-refractivity contribution in [2.45, 2.75) is 37.1 Å². The first-order valence-corrected chi connectivity index (χ1v) is 10.6. The molecule has 2 aromatic carbocycles. The van der Waals surface area contributed by atoms with Crippen LogP contribution in [0.3, 0.4) is 0 Å². The molecule has 6 nitrogen and oxygen atoms in total. The van der Waals surface area contributed by atoms with Gasteiger partial charge < -0.3 is 5.32 Å². The predicted molar refractivity (Wildman–Crippen MR) is 107 cm³/mol. The number of sulfonamides is 1. The summed E-state index contributed by atoms with van der Waals surface area (Å²) in [6.45, 7) is 1.98. The lowest BCUT2D eigenvalue weighted by Gasteiger charge is -2.14. The van der Waals surface area contributed by atoms with Crippen LogP contribution >= 0.6 is 11.6 Å². The maximum absolute atomic E-state index is 13.3. The highest BCUT2D eigenvalue weighted by Crippen LogP contribution is 2.24. The van der Waals surface area contributed by atoms with E-state index in [-0.39, 0.29) is 15.8 Å². The second-order valence-corrected chi connectivity index (χ2v) is 8.41. The Morgan fingerprint density at radius 2 is 2.04 bits per heavy atom. The Hall–Kier alpha value is -2.45. The lowest BCUT2D eigenvalue weighted by molar-refractivity contribution is -0.117. The zero-order valence-corrected chi connectivity index (χ0v) is 16.6. The number of unbranched alkanes of at least 4 members (excludes halogenated alkanes) is 1. The fourth-order valence-electron chi connectivity index (χ4n) is 2.84. The first-order chi connectivity index (χ1) is 13.3. The molecule has 1 aliphatic heterocycles. The monoisotopic (exact) mass is 423 g/mol. The summed E-state index contributed by atoms with van der Waals surface area (Å²) in [5.74, 6) is -0.865. The molecule has 0 radical (unpaired) electrons. The Labute approximate surface area is 167 Å². The van der Waals surface area contributed by atoms with Gasteiger partial charge in [-0.3, -0.25) is 14.5 Å². The second-order valence-electron chi connectivity index (χ2n) is 6.36. The first kappa shape index (κ1) is 20.3. The van der Waals surface area contributed by atoms with Gasteiger partial charge in [-0.05, 0) is 36.8 Å². The van der Waals surface area contributed by atoms with Gasteiger partial charge in [-0.1, -0.05) is 43.5 Å². The Kier molecular flexibility index (Phi) is 6.00. The van der Waals surface area contributed by atoms with Crippen molar-refractivity contribution in [3.8, 4) is 0 Å². The molecule has 1 atom stereocenters. The van der Waals surface area contributed by atoms with Gasteiger partial charge in [0.2, 0.25) is 5.91 Å². The summed E-state index contributed by atoms with van der Waals surface area (Å²) in [5, 5.41) is 2.56. The van der Waals surface area contributed by atoms with Crippen LogP contribution in [0.15, 0.2) is 52.4 Å². The molecule has 9 heteroatoms. The molecule has 3 rings (SSSR count). The van der Waals surface area contributed by atoms with E-state index in [1.807, 2.05) is 6.92 Å². The van der Waals surface area contributed by atoms with E-state index < -0.39 is 27.8 Å². The molecule has 2 N–H and O–H groups in total. The molecular formula is C19H19ClFN3O3S. The lowest BCUT2D eigenvalue weighted by atomic mass is 10.1. The average Bonchev–Trinajstić information content (AvgIpc) is 2.92. The van der Waals surface area contributed by atoms with Crippen LogP contribution in [0.2, 0.25) is 5.02 Å². The summed E-state index contributed by atoms with van der Waals surface area (Å²) in [7, 11) is -3.69. The minimum absolute atomic E-state index is 0.105. The van der Waals surface area contributed by atoms with E-state index in [1.54, 1.807) is 18.2 Å². The summed E-state index contributed by atoms with van der Waals surface area (Å²) in [6, 6.07) is 9.52. The van der Waals surface area contributed by atoms with Crippen molar-refractivity contribution in [2.75, 3.05) is 5.32 Å². The molecular weight excluding hydrogens is 405 g/mol. The number of fused-ring (bicyclic) bond motifs is 1. The molecule has 0 saturated heterocycles. The zero-order valence-electron chi connectivity index (χ0n) is 15.1. The van der Waals surface area contributed by atoms with Crippen LogP contribution in [0.4, 0.5) is 10.1 Å². The lowest BCUT2D eigenvalue weighted by Crippen LogP contribution is -2.30. The third kappa shape index (κ3) is 4.34. The molecule has 0 bridgehead atoms. The molecule has 0 saturated carbocycles. The van der Waals surface area contributed by atoms with Crippen molar-refractivity contribution < 1.29 is 17.6 Å². The van der Waals surface area contributed by atoms with Gasteiger partial charge in [0.05, 0.1) is 9.92 Å². The van der Waals surface area contributed by atoms with Gasteiger partial charge in [0.1, 0.15) is 17.7 Å². The summed E-state index contributed by atoms with van der Waals surface area (Å²) < 4.78 is 40.2. The van der Waals surface area contributed by atoms with E-state index in [0.717, 1.165) is 18.9 Å². The quantitative estimate of drug-likeness (QED) is 0.742. The van der Waals surface area contributed by atoms with E-state index in [1.165, 1.54) is 18.2 Å². The Morgan fingerprint density at radius 3 is 2.75 bits per heavy atom. The predicted octanol–water partition coefficient (Wildman–Crippen LogP) is 3.72. The van der Waals surface area contributed by atoms with E-state index in [9.17, 15) is 17.6 Å². The third-order valence-electron chi connectivity index (χ3n) is 4.27. The van der Waals surface area contributed by atoms with Crippen LogP contribution in [-0.4, -0.2) is 26.2 Å². The third-order valence-corrected chi connectivity index (χ3v) is 5.96. The van der Waals surface area contributed by atoms with E-state index in [4.69, 9.17) is 11.6 Å². The molecule has 0 fully saturated rings. The van der Waals surface area contributed by atoms with Gasteiger partial charge in [0.15, 0.2) is 0 Å². The maximum Gasteiger partial charge on any atom is 0.263 e. The molecule has 0 aromatic heterocycles. The molecule has 148 valence electrons. The Morgan fingerprint density at radius 1 is 1.29 bits per heavy atom. The number of hydrogen-bond acceptors (Lipinski definition) is 4. The van der Waals surface area contributed by atoms with Crippen LogP contribution in [0.5, 0.6) is 0 Å². The number of rotatable bonds is 6. The maximum atomic E-state index is 13.3. The highest BCUT2D eigenvalue weighted by Gasteiger charge is 2.31. The number of nitrogens with zero attached hydrogens (tertiary/aromatic N) is 1. The number of amides is 1. The number of halogens is 2. The van der Waals surface area contributed by atoms with Gasteiger partial charge in [0.25, 0.3) is 10.0 Å². The van der Waals surface area contributed by atoms with Gasteiger partial charge in [0, 0.05) is 11.3 Å². The Balaban J connectivity index is 1.89. The van der Waals surface area contributed by atoms with Gasteiger partial charge >= 0.3 is 0 Å². The van der Waals surface area contributed by atoms with Crippen molar-refractivity contribution in [2.24, 2.45) is 4.99 Å². The smallest absolute Gasteiger partial charge is 0.263 e. The normalized spacial score (nSPS) is 17.0. The summed E-state index contributed by atoms with van der Waals surface area (Å²) in [6.07, 6.45) is 2.01. The molecule has 1 amide bonds. The molecule has 0 aliphatic carbocycles. The second kappa shape index (κ2) is 8.28. The standard InChI is InChI=1S/C19H19ClFN3O3S/c1-2-3-7-16(19(25)22-12-9-10-15(21)14(20)11-12)23-18-13-6-4-5-8-17(13)28(26,27)24-18/h4-6,8-11,16H,2-3,7H2,1H3,(H,22,25)(H,23,24). The van der Waals surface area contributed by atoms with Crippen LogP contribution in [0.1, 0.15) is 31.7 Å². The topological polar surface area (TPSA) is 87.6 Å². The van der Waals surface area contributed by atoms with Crippen molar-refractivity contribution >= 4 is 39.1 Å². The SMILES string of the molecule is CCCCC(N=C1NS(=O)(=O)c2ccccc21)C(=O)Nc1ccc(F)c(Cl)c1. The molecule has 1 unspecified atom stereocenters. The summed E-state index contributed by atoms with van der Waals surface area (Å²) in [4.78, 5) is 17.3. The summed E-state index contributed by atoms with van der Waals surface area (Å²) in [5.41, 5.74) is 0.770. The number of amidine groups is 1. The highest BCUT2D eigenvalue weighted by atomic mass is 35.5. The van der Waals surface area contributed by atoms with Crippen LogP contribution < -0.4 is 10.0 Å². The number of aliphatic imine (C=N–C) groups is 1. The number of benzene rings is 2. The van der Waals surface area contributed by atoms with Gasteiger partial charge in [-0.25, -0.2) is 12.8 Å². The van der Waals surface area contributed by atoms with E-state index in [2.05, 4.69) is 15.0 Å². The van der Waals surface area contributed by atoms with Gasteiger partial charge in [-0.15, -0.1) is 0 Å². The zero-order chi connectivity index (χ0) is 20.3. The minimum atomic E-state index is -3.69. The van der Waals surface area contributed by atoms with E-state index >= 15 is 0 Å². The van der Waals surface area contributed by atoms with Crippen LogP contribution in [0, 0.1) is 5.82 Å². The number of anilines is 1. The highest BCUT2D eigenvalue weighted by molar-refractivity contribution is 7.90. The number of carbonyl (C=O) groups is 1. The van der Waals surface area contributed by atoms with E-state index in [0.29, 0.717) is 17.7 Å². The number of hydrogen-bond donors (Lipinski definition) is 2. The largest absolute Gasteiger partial charge is 0.324 e. The van der Waals surface area contributed by atoms with Crippen LogP contribution in [-0.2, 0) is 14.8 Å². The van der Waals surface area contributed by atoms with Crippen molar-refractivity contribution in [1.82, 2.24) is 4.72 Å². The van der Waals surface area contributed by atoms with Crippen molar-refractivity contribution in [3.63, 3.8) is 0 Å². The fourth-order valence-corrected chi connectivity index (χ4v) is 4.26.